The number of halogens is 3. The number of fused-ring (bicyclic) bond motifs is 5. The molecular formula is C28H24F3NO2. The molecule has 34 heavy (non-hydrogen) atoms. The molecule has 3 aromatic carbocycles. The normalized spacial score (nSPS) is 17.0. The monoisotopic (exact) mass is 463 g/mol. The van der Waals surface area contributed by atoms with Gasteiger partial charge in [0, 0.05) is 22.4 Å². The molecule has 0 aromatic heterocycles. The molecule has 0 amide bonds. The highest BCUT2D eigenvalue weighted by atomic mass is 19.4. The lowest BCUT2D eigenvalue weighted by atomic mass is 9.83. The lowest BCUT2D eigenvalue weighted by Crippen LogP contribution is -2.32. The predicted molar refractivity (Wildman–Crippen MR) is 130 cm³/mol. The van der Waals surface area contributed by atoms with Gasteiger partial charge in [0.2, 0.25) is 0 Å². The molecule has 2 aliphatic heterocycles. The van der Waals surface area contributed by atoms with Crippen molar-refractivity contribution in [2.24, 2.45) is 0 Å². The van der Waals surface area contributed by atoms with E-state index in [1.807, 2.05) is 37.3 Å². The van der Waals surface area contributed by atoms with Crippen LogP contribution in [0.2, 0.25) is 0 Å². The molecule has 2 heterocycles. The van der Waals surface area contributed by atoms with Crippen molar-refractivity contribution in [3.05, 3.63) is 82.9 Å². The number of anilines is 1. The fraction of sp³-hybridized carbons (Fsp3) is 0.214. The number of methoxy groups -OCH3 is 1. The Labute approximate surface area is 196 Å². The van der Waals surface area contributed by atoms with Crippen molar-refractivity contribution in [3.63, 3.8) is 0 Å². The third-order valence-electron chi connectivity index (χ3n) is 6.09. The Morgan fingerprint density at radius 1 is 0.971 bits per heavy atom. The first kappa shape index (κ1) is 22.1. The van der Waals surface area contributed by atoms with E-state index in [0.717, 1.165) is 45.6 Å². The van der Waals surface area contributed by atoms with Gasteiger partial charge in [0.15, 0.2) is 0 Å². The third-order valence-corrected chi connectivity index (χ3v) is 6.09. The molecule has 1 N–H and O–H groups in total. The van der Waals surface area contributed by atoms with E-state index in [2.05, 4.69) is 25.2 Å². The Bertz CT molecular complexity index is 1370. The average molecular weight is 463 g/mol. The Morgan fingerprint density at radius 3 is 2.47 bits per heavy atom. The number of benzene rings is 3. The van der Waals surface area contributed by atoms with Gasteiger partial charge in [-0.15, -0.1) is 0 Å². The molecule has 0 radical (unpaired) electrons. The minimum Gasteiger partial charge on any atom is -0.496 e. The summed E-state index contributed by atoms with van der Waals surface area (Å²) in [6.45, 7) is 6.22. The van der Waals surface area contributed by atoms with E-state index in [4.69, 9.17) is 9.47 Å². The van der Waals surface area contributed by atoms with Gasteiger partial charge in [0.05, 0.1) is 23.8 Å². The van der Waals surface area contributed by atoms with Crippen LogP contribution in [-0.2, 0) is 6.18 Å². The second kappa shape index (κ2) is 7.69. The minimum atomic E-state index is -4.42. The summed E-state index contributed by atoms with van der Waals surface area (Å²) in [7, 11) is 1.61. The van der Waals surface area contributed by atoms with Crippen LogP contribution in [0.5, 0.6) is 11.5 Å². The van der Waals surface area contributed by atoms with Crippen molar-refractivity contribution >= 4 is 23.1 Å². The Balaban J connectivity index is 1.78. The van der Waals surface area contributed by atoms with Crippen molar-refractivity contribution in [3.8, 4) is 22.6 Å². The molecule has 3 nitrogen and oxygen atoms in total. The summed E-state index contributed by atoms with van der Waals surface area (Å²) in [5.41, 5.74) is 5.00. The second-order valence-electron chi connectivity index (χ2n) is 9.15. The maximum atomic E-state index is 13.3. The van der Waals surface area contributed by atoms with Crippen molar-refractivity contribution in [2.45, 2.75) is 32.5 Å². The topological polar surface area (TPSA) is 30.5 Å². The van der Waals surface area contributed by atoms with Gasteiger partial charge < -0.3 is 14.8 Å². The molecule has 174 valence electrons. The predicted octanol–water partition coefficient (Wildman–Crippen LogP) is 7.88. The van der Waals surface area contributed by atoms with E-state index >= 15 is 0 Å². The van der Waals surface area contributed by atoms with Gasteiger partial charge in [0.25, 0.3) is 0 Å². The molecule has 0 atom stereocenters. The number of rotatable bonds is 2. The summed E-state index contributed by atoms with van der Waals surface area (Å²) in [5, 5.41) is 3.54. The Morgan fingerprint density at radius 2 is 1.74 bits per heavy atom. The lowest BCUT2D eigenvalue weighted by molar-refractivity contribution is -0.137. The van der Waals surface area contributed by atoms with Crippen LogP contribution in [0.4, 0.5) is 18.9 Å². The van der Waals surface area contributed by atoms with Crippen LogP contribution in [-0.4, -0.2) is 12.6 Å². The van der Waals surface area contributed by atoms with E-state index in [9.17, 15) is 13.2 Å². The first-order valence-electron chi connectivity index (χ1n) is 11.0. The number of hydrogen-bond donors (Lipinski definition) is 1. The number of nitrogens with one attached hydrogen (secondary N) is 1. The maximum Gasteiger partial charge on any atom is 0.416 e. The molecule has 0 aliphatic carbocycles. The summed E-state index contributed by atoms with van der Waals surface area (Å²) < 4.78 is 52.0. The highest BCUT2D eigenvalue weighted by Gasteiger charge is 2.33. The molecular weight excluding hydrogens is 439 g/mol. The average Bonchev–Trinajstić information content (AvgIpc) is 2.77. The van der Waals surface area contributed by atoms with E-state index in [1.165, 1.54) is 6.07 Å². The van der Waals surface area contributed by atoms with Gasteiger partial charge in [-0.3, -0.25) is 0 Å². The molecule has 0 unspecified atom stereocenters. The van der Waals surface area contributed by atoms with Gasteiger partial charge in [-0.1, -0.05) is 30.3 Å². The van der Waals surface area contributed by atoms with Gasteiger partial charge in [-0.05, 0) is 68.3 Å². The summed E-state index contributed by atoms with van der Waals surface area (Å²) >= 11 is 0. The molecule has 0 spiro atoms. The highest BCUT2D eigenvalue weighted by molar-refractivity contribution is 6.01. The zero-order valence-corrected chi connectivity index (χ0v) is 19.3. The first-order valence-corrected chi connectivity index (χ1v) is 11.0. The standard InChI is InChI=1S/C28H24F3NO2/c1-16-15-27(2,3)32-20-12-11-19-25-21(33-4)9-6-10-22(25)34-23(26(19)24(16)20)14-17-7-5-8-18(13-17)28(29,30)31/h5-15,32H,1-4H3. The van der Waals surface area contributed by atoms with Crippen LogP contribution in [0, 0.1) is 0 Å². The largest absolute Gasteiger partial charge is 0.496 e. The van der Waals surface area contributed by atoms with Gasteiger partial charge in [-0.2, -0.15) is 13.2 Å². The fourth-order valence-electron chi connectivity index (χ4n) is 4.84. The van der Waals surface area contributed by atoms with Gasteiger partial charge >= 0.3 is 6.18 Å². The molecule has 3 aromatic rings. The SMILES string of the molecule is COc1cccc2c1-c1ccc3c(c1C(=Cc1cccc(C(F)(F)F)c1)O2)C(C)=CC(C)(C)N3. The third kappa shape index (κ3) is 3.73. The van der Waals surface area contributed by atoms with Gasteiger partial charge in [-0.25, -0.2) is 0 Å². The van der Waals surface area contributed by atoms with E-state index in [1.54, 1.807) is 19.3 Å². The first-order chi connectivity index (χ1) is 16.1. The van der Waals surface area contributed by atoms with Crippen molar-refractivity contribution in [1.82, 2.24) is 0 Å². The van der Waals surface area contributed by atoms with Crippen LogP contribution in [0.15, 0.2) is 60.7 Å². The summed E-state index contributed by atoms with van der Waals surface area (Å²) in [6.07, 6.45) is -0.604. The van der Waals surface area contributed by atoms with E-state index in [0.29, 0.717) is 22.8 Å². The number of alkyl halides is 3. The summed E-state index contributed by atoms with van der Waals surface area (Å²) in [6, 6.07) is 14.8. The van der Waals surface area contributed by atoms with Crippen molar-refractivity contribution < 1.29 is 22.6 Å². The minimum absolute atomic E-state index is 0.235. The zero-order valence-electron chi connectivity index (χ0n) is 19.3. The van der Waals surface area contributed by atoms with E-state index in [-0.39, 0.29) is 5.54 Å². The van der Waals surface area contributed by atoms with Crippen LogP contribution < -0.4 is 14.8 Å². The van der Waals surface area contributed by atoms with Crippen molar-refractivity contribution in [1.29, 1.82) is 0 Å². The highest BCUT2D eigenvalue weighted by Crippen LogP contribution is 2.52. The molecule has 6 heteroatoms. The number of allylic oxidation sites excluding steroid dienone is 1. The molecule has 5 rings (SSSR count). The number of hydrogen-bond acceptors (Lipinski definition) is 3. The molecule has 0 saturated heterocycles. The molecule has 0 bridgehead atoms. The van der Waals surface area contributed by atoms with Gasteiger partial charge in [0.1, 0.15) is 17.3 Å². The molecule has 0 saturated carbocycles. The maximum absolute atomic E-state index is 13.3. The van der Waals surface area contributed by atoms with Crippen LogP contribution >= 0.6 is 0 Å². The summed E-state index contributed by atoms with van der Waals surface area (Å²) in [5.74, 6) is 1.75. The molecule has 2 aliphatic rings. The van der Waals surface area contributed by atoms with E-state index < -0.39 is 11.7 Å². The lowest BCUT2D eigenvalue weighted by Gasteiger charge is -2.35. The van der Waals surface area contributed by atoms with Crippen LogP contribution in [0.3, 0.4) is 0 Å². The fourth-order valence-corrected chi connectivity index (χ4v) is 4.84. The molecule has 0 fully saturated rings. The van der Waals surface area contributed by atoms with Crippen LogP contribution in [0.1, 0.15) is 43.0 Å². The number of ether oxygens (including phenoxy) is 2. The quantitative estimate of drug-likeness (QED) is 0.419. The van der Waals surface area contributed by atoms with Crippen molar-refractivity contribution in [2.75, 3.05) is 12.4 Å². The Kier molecular flexibility index (Phi) is 5.01. The second-order valence-corrected chi connectivity index (χ2v) is 9.15. The van der Waals surface area contributed by atoms with Crippen LogP contribution in [0.25, 0.3) is 28.5 Å². The summed E-state index contributed by atoms with van der Waals surface area (Å²) in [4.78, 5) is 0. The Hall–Kier alpha value is -3.67. The smallest absolute Gasteiger partial charge is 0.416 e. The zero-order chi connectivity index (χ0) is 24.3.